The van der Waals surface area contributed by atoms with Crippen molar-refractivity contribution in [2.75, 3.05) is 14.2 Å². The van der Waals surface area contributed by atoms with Crippen LogP contribution in [0.3, 0.4) is 0 Å². The van der Waals surface area contributed by atoms with Crippen LogP contribution in [0.5, 0.6) is 11.5 Å². The number of aryl methyl sites for hydroxylation is 1. The second-order valence-corrected chi connectivity index (χ2v) is 6.81. The zero-order chi connectivity index (χ0) is 17.4. The maximum atomic E-state index is 5.81. The number of imidazole rings is 1. The molecule has 4 nitrogen and oxygen atoms in total. The third kappa shape index (κ3) is 2.66. The van der Waals surface area contributed by atoms with Crippen LogP contribution >= 0.6 is 0 Å². The largest absolute Gasteiger partial charge is 0.496 e. The number of fused-ring (bicyclic) bond motifs is 1. The van der Waals surface area contributed by atoms with E-state index in [1.165, 1.54) is 31.2 Å². The van der Waals surface area contributed by atoms with Crippen molar-refractivity contribution < 1.29 is 9.47 Å². The number of pyridine rings is 1. The zero-order valence-corrected chi connectivity index (χ0v) is 15.1. The van der Waals surface area contributed by atoms with E-state index in [1.54, 1.807) is 14.2 Å². The Morgan fingerprint density at radius 1 is 1.00 bits per heavy atom. The van der Waals surface area contributed by atoms with Gasteiger partial charge < -0.3 is 13.9 Å². The van der Waals surface area contributed by atoms with E-state index in [1.807, 2.05) is 23.0 Å². The highest BCUT2D eigenvalue weighted by Gasteiger charge is 2.24. The minimum Gasteiger partial charge on any atom is -0.496 e. The lowest BCUT2D eigenvalue weighted by atomic mass is 9.92. The molecule has 1 saturated carbocycles. The van der Waals surface area contributed by atoms with Crippen LogP contribution in [-0.2, 0) is 0 Å². The average molecular weight is 336 g/mol. The molecule has 1 aliphatic rings. The Bertz CT molecular complexity index is 882. The lowest BCUT2D eigenvalue weighted by Gasteiger charge is -2.19. The van der Waals surface area contributed by atoms with Crippen LogP contribution in [0.25, 0.3) is 16.8 Å². The van der Waals surface area contributed by atoms with Crippen molar-refractivity contribution in [1.29, 1.82) is 0 Å². The third-order valence-corrected chi connectivity index (χ3v) is 5.38. The van der Waals surface area contributed by atoms with Crippen molar-refractivity contribution in [2.45, 2.75) is 38.5 Å². The average Bonchev–Trinajstić information content (AvgIpc) is 3.32. The van der Waals surface area contributed by atoms with Crippen molar-refractivity contribution in [2.24, 2.45) is 0 Å². The SMILES string of the molecule is COc1cc(C2CCCC2)cc(OC)c1-c1c(C)ccn2ccnc12. The Morgan fingerprint density at radius 2 is 1.68 bits per heavy atom. The molecule has 2 heterocycles. The molecule has 130 valence electrons. The fourth-order valence-corrected chi connectivity index (χ4v) is 4.06. The topological polar surface area (TPSA) is 35.8 Å². The van der Waals surface area contributed by atoms with Gasteiger partial charge >= 0.3 is 0 Å². The highest BCUT2D eigenvalue weighted by Crippen LogP contribution is 2.45. The summed E-state index contributed by atoms with van der Waals surface area (Å²) in [4.78, 5) is 4.56. The Kier molecular flexibility index (Phi) is 4.12. The lowest BCUT2D eigenvalue weighted by molar-refractivity contribution is 0.395. The number of hydrogen-bond donors (Lipinski definition) is 0. The molecule has 0 atom stereocenters. The van der Waals surface area contributed by atoms with E-state index in [0.717, 1.165) is 33.8 Å². The van der Waals surface area contributed by atoms with Gasteiger partial charge in [-0.1, -0.05) is 12.8 Å². The zero-order valence-electron chi connectivity index (χ0n) is 15.1. The van der Waals surface area contributed by atoms with Crippen molar-refractivity contribution in [1.82, 2.24) is 9.38 Å². The molecule has 0 N–H and O–H groups in total. The Labute approximate surface area is 148 Å². The minimum absolute atomic E-state index is 0.611. The van der Waals surface area contributed by atoms with Crippen LogP contribution in [0.15, 0.2) is 36.8 Å². The lowest BCUT2D eigenvalue weighted by Crippen LogP contribution is -2.01. The predicted octanol–water partition coefficient (Wildman–Crippen LogP) is 4.98. The van der Waals surface area contributed by atoms with Crippen molar-refractivity contribution in [3.63, 3.8) is 0 Å². The van der Waals surface area contributed by atoms with Gasteiger partial charge in [0.25, 0.3) is 0 Å². The predicted molar refractivity (Wildman–Crippen MR) is 99.7 cm³/mol. The molecule has 0 spiro atoms. The summed E-state index contributed by atoms with van der Waals surface area (Å²) in [5, 5.41) is 0. The first kappa shape index (κ1) is 16.0. The minimum atomic E-state index is 0.611. The highest BCUT2D eigenvalue weighted by atomic mass is 16.5. The second-order valence-electron chi connectivity index (χ2n) is 6.81. The summed E-state index contributed by atoms with van der Waals surface area (Å²) in [5.41, 5.74) is 5.46. The Balaban J connectivity index is 1.96. The molecule has 1 aromatic carbocycles. The first-order valence-corrected chi connectivity index (χ1v) is 8.91. The molecule has 4 rings (SSSR count). The van der Waals surface area contributed by atoms with Crippen LogP contribution in [0.2, 0.25) is 0 Å². The quantitative estimate of drug-likeness (QED) is 0.674. The van der Waals surface area contributed by atoms with Gasteiger partial charge in [-0.15, -0.1) is 0 Å². The maximum absolute atomic E-state index is 5.81. The highest BCUT2D eigenvalue weighted by molar-refractivity contribution is 5.88. The summed E-state index contributed by atoms with van der Waals surface area (Å²) in [6, 6.07) is 6.49. The van der Waals surface area contributed by atoms with E-state index in [-0.39, 0.29) is 0 Å². The smallest absolute Gasteiger partial charge is 0.145 e. The summed E-state index contributed by atoms with van der Waals surface area (Å²) in [6.07, 6.45) is 10.9. The van der Waals surface area contributed by atoms with E-state index in [9.17, 15) is 0 Å². The maximum Gasteiger partial charge on any atom is 0.145 e. The summed E-state index contributed by atoms with van der Waals surface area (Å²) < 4.78 is 13.6. The molecule has 0 bridgehead atoms. The molecule has 0 amide bonds. The molecule has 1 fully saturated rings. The van der Waals surface area contributed by atoms with E-state index in [4.69, 9.17) is 9.47 Å². The van der Waals surface area contributed by atoms with E-state index >= 15 is 0 Å². The summed E-state index contributed by atoms with van der Waals surface area (Å²) in [5.74, 6) is 2.33. The monoisotopic (exact) mass is 336 g/mol. The van der Waals surface area contributed by atoms with E-state index in [0.29, 0.717) is 5.92 Å². The number of hydrogen-bond acceptors (Lipinski definition) is 3. The Hall–Kier alpha value is -2.49. The van der Waals surface area contributed by atoms with Crippen molar-refractivity contribution in [3.8, 4) is 22.6 Å². The number of methoxy groups -OCH3 is 2. The molecule has 0 unspecified atom stereocenters. The van der Waals surface area contributed by atoms with E-state index < -0.39 is 0 Å². The van der Waals surface area contributed by atoms with Gasteiger partial charge in [-0.05, 0) is 55.0 Å². The second kappa shape index (κ2) is 6.43. The molecule has 0 aliphatic heterocycles. The van der Waals surface area contributed by atoms with Gasteiger partial charge in [0.05, 0.1) is 19.8 Å². The molecule has 4 heteroatoms. The molecule has 3 aromatic rings. The molecule has 1 aliphatic carbocycles. The third-order valence-electron chi connectivity index (χ3n) is 5.38. The van der Waals surface area contributed by atoms with Gasteiger partial charge in [-0.25, -0.2) is 4.98 Å². The van der Waals surface area contributed by atoms with Gasteiger partial charge in [0.2, 0.25) is 0 Å². The normalized spacial score (nSPS) is 15.0. The summed E-state index contributed by atoms with van der Waals surface area (Å²) >= 11 is 0. The van der Waals surface area contributed by atoms with Gasteiger partial charge in [0.15, 0.2) is 0 Å². The first-order chi connectivity index (χ1) is 12.2. The summed E-state index contributed by atoms with van der Waals surface area (Å²) in [6.45, 7) is 2.10. The number of ether oxygens (including phenoxy) is 2. The molecule has 25 heavy (non-hydrogen) atoms. The first-order valence-electron chi connectivity index (χ1n) is 8.91. The van der Waals surface area contributed by atoms with Crippen molar-refractivity contribution in [3.05, 3.63) is 47.9 Å². The number of aromatic nitrogens is 2. The molecular weight excluding hydrogens is 312 g/mol. The van der Waals surface area contributed by atoms with Crippen molar-refractivity contribution >= 4 is 5.65 Å². The van der Waals surface area contributed by atoms with Gasteiger partial charge in [-0.3, -0.25) is 0 Å². The molecule has 2 aromatic heterocycles. The fraction of sp³-hybridized carbons (Fsp3) is 0.381. The molecule has 0 radical (unpaired) electrons. The number of nitrogens with zero attached hydrogens (tertiary/aromatic N) is 2. The van der Waals surface area contributed by atoms with Crippen LogP contribution in [-0.4, -0.2) is 23.6 Å². The van der Waals surface area contributed by atoms with Crippen LogP contribution in [0.1, 0.15) is 42.7 Å². The standard InChI is InChI=1S/C21H24N2O2/c1-14-8-10-23-11-9-22-21(23)19(14)20-17(24-2)12-16(13-18(20)25-3)15-6-4-5-7-15/h8-13,15H,4-7H2,1-3H3. The van der Waals surface area contributed by atoms with Gasteiger partial charge in [-0.2, -0.15) is 0 Å². The van der Waals surface area contributed by atoms with Crippen LogP contribution in [0.4, 0.5) is 0 Å². The van der Waals surface area contributed by atoms with Gasteiger partial charge in [0, 0.05) is 24.2 Å². The van der Waals surface area contributed by atoms with Crippen LogP contribution in [0, 0.1) is 6.92 Å². The number of benzene rings is 1. The fourth-order valence-electron chi connectivity index (χ4n) is 4.06. The van der Waals surface area contributed by atoms with Crippen LogP contribution < -0.4 is 9.47 Å². The van der Waals surface area contributed by atoms with E-state index in [2.05, 4.69) is 30.1 Å². The Morgan fingerprint density at radius 3 is 2.32 bits per heavy atom. The molecule has 0 saturated heterocycles. The molecular formula is C21H24N2O2. The van der Waals surface area contributed by atoms with Gasteiger partial charge in [0.1, 0.15) is 17.1 Å². The number of rotatable bonds is 4. The summed E-state index contributed by atoms with van der Waals surface area (Å²) in [7, 11) is 3.47.